The summed E-state index contributed by atoms with van der Waals surface area (Å²) in [7, 11) is 3.83. The Labute approximate surface area is 128 Å². The highest BCUT2D eigenvalue weighted by Crippen LogP contribution is 2.51. The summed E-state index contributed by atoms with van der Waals surface area (Å²) < 4.78 is 11.6. The van der Waals surface area contributed by atoms with Crippen molar-refractivity contribution in [3.05, 3.63) is 36.8 Å². The summed E-state index contributed by atoms with van der Waals surface area (Å²) in [6.45, 7) is 2.35. The third kappa shape index (κ3) is 2.95. The molecule has 4 heteroatoms. The van der Waals surface area contributed by atoms with Gasteiger partial charge in [-0.15, -0.1) is 0 Å². The van der Waals surface area contributed by atoms with Gasteiger partial charge in [0.15, 0.2) is 0 Å². The fourth-order valence-electron chi connectivity index (χ4n) is 3.48. The molecule has 0 aromatic carbocycles. The lowest BCUT2D eigenvalue weighted by Crippen LogP contribution is -2.37. The Balaban J connectivity index is 1.93. The van der Waals surface area contributed by atoms with Gasteiger partial charge in [0, 0.05) is 14.0 Å². The second-order valence-electron chi connectivity index (χ2n) is 6.14. The van der Waals surface area contributed by atoms with Crippen LogP contribution in [0.15, 0.2) is 45.6 Å². The van der Waals surface area contributed by atoms with Crippen LogP contribution in [0.5, 0.6) is 0 Å². The number of nitrogens with zero attached hydrogens (tertiary/aromatic N) is 1. The van der Waals surface area contributed by atoms with E-state index in [9.17, 15) is 0 Å². The SMILES string of the molecule is C[C@H](C1CCCC1P(c1ccco1)c1ccco1)N(C)C. The minimum atomic E-state index is -0.534. The smallest absolute Gasteiger partial charge is 0.133 e. The van der Waals surface area contributed by atoms with Gasteiger partial charge in [-0.05, 0) is 69.7 Å². The van der Waals surface area contributed by atoms with E-state index in [0.717, 1.165) is 11.0 Å². The molecule has 1 aliphatic carbocycles. The van der Waals surface area contributed by atoms with E-state index in [1.807, 2.05) is 12.1 Å². The summed E-state index contributed by atoms with van der Waals surface area (Å²) >= 11 is 0. The van der Waals surface area contributed by atoms with Crippen molar-refractivity contribution in [1.82, 2.24) is 4.90 Å². The first-order valence-electron chi connectivity index (χ1n) is 7.71. The molecule has 2 unspecified atom stereocenters. The fourth-order valence-corrected chi connectivity index (χ4v) is 6.42. The van der Waals surface area contributed by atoms with Crippen molar-refractivity contribution in [1.29, 1.82) is 0 Å². The van der Waals surface area contributed by atoms with E-state index in [4.69, 9.17) is 8.83 Å². The third-order valence-electron chi connectivity index (χ3n) is 4.78. The van der Waals surface area contributed by atoms with E-state index in [0.29, 0.717) is 17.6 Å². The van der Waals surface area contributed by atoms with Crippen LogP contribution in [0, 0.1) is 5.92 Å². The second kappa shape index (κ2) is 6.37. The zero-order valence-electron chi connectivity index (χ0n) is 13.0. The lowest BCUT2D eigenvalue weighted by atomic mass is 9.98. The third-order valence-corrected chi connectivity index (χ3v) is 7.55. The normalized spacial score (nSPS) is 24.0. The zero-order chi connectivity index (χ0) is 14.8. The summed E-state index contributed by atoms with van der Waals surface area (Å²) in [6, 6.07) is 8.81. The van der Waals surface area contributed by atoms with Crippen molar-refractivity contribution in [2.75, 3.05) is 14.1 Å². The predicted octanol–water partition coefficient (Wildman–Crippen LogP) is 3.42. The topological polar surface area (TPSA) is 29.5 Å². The van der Waals surface area contributed by atoms with Crippen molar-refractivity contribution >= 4 is 18.9 Å². The molecule has 3 nitrogen and oxygen atoms in total. The van der Waals surface area contributed by atoms with Crippen LogP contribution in [0.25, 0.3) is 0 Å². The molecule has 114 valence electrons. The highest BCUT2D eigenvalue weighted by atomic mass is 31.1. The Morgan fingerprint density at radius 1 is 1.10 bits per heavy atom. The van der Waals surface area contributed by atoms with Gasteiger partial charge in [0.2, 0.25) is 0 Å². The highest BCUT2D eigenvalue weighted by molar-refractivity contribution is 7.72. The van der Waals surface area contributed by atoms with Crippen LogP contribution in [0.1, 0.15) is 26.2 Å². The first-order valence-corrected chi connectivity index (χ1v) is 9.12. The van der Waals surface area contributed by atoms with Gasteiger partial charge in [-0.25, -0.2) is 0 Å². The second-order valence-corrected chi connectivity index (χ2v) is 8.42. The Hall–Kier alpha value is -1.05. The molecule has 1 aliphatic rings. The molecule has 21 heavy (non-hydrogen) atoms. The number of hydrogen-bond donors (Lipinski definition) is 0. The Bertz CT molecular complexity index is 501. The highest BCUT2D eigenvalue weighted by Gasteiger charge is 2.40. The maximum Gasteiger partial charge on any atom is 0.133 e. The first kappa shape index (κ1) is 14.9. The molecule has 3 rings (SSSR count). The van der Waals surface area contributed by atoms with Crippen molar-refractivity contribution in [2.45, 2.75) is 37.9 Å². The quantitative estimate of drug-likeness (QED) is 0.793. The van der Waals surface area contributed by atoms with Crippen molar-refractivity contribution < 1.29 is 8.83 Å². The fraction of sp³-hybridized carbons (Fsp3) is 0.529. The van der Waals surface area contributed by atoms with E-state index in [2.05, 4.69) is 38.1 Å². The summed E-state index contributed by atoms with van der Waals surface area (Å²) in [6.07, 6.45) is 7.47. The number of furan rings is 2. The van der Waals surface area contributed by atoms with Crippen LogP contribution in [0.2, 0.25) is 0 Å². The van der Waals surface area contributed by atoms with Gasteiger partial charge >= 0.3 is 0 Å². The van der Waals surface area contributed by atoms with E-state index in [1.54, 1.807) is 12.5 Å². The van der Waals surface area contributed by atoms with Gasteiger partial charge in [-0.3, -0.25) is 0 Å². The summed E-state index contributed by atoms with van der Waals surface area (Å²) in [5.41, 5.74) is 2.85. The Kier molecular flexibility index (Phi) is 4.51. The van der Waals surface area contributed by atoms with Crippen molar-refractivity contribution in [3.8, 4) is 0 Å². The molecule has 2 aromatic heterocycles. The van der Waals surface area contributed by atoms with Gasteiger partial charge in [0.05, 0.1) is 12.5 Å². The van der Waals surface area contributed by atoms with Crippen molar-refractivity contribution in [2.24, 2.45) is 5.92 Å². The molecule has 1 saturated carbocycles. The van der Waals surface area contributed by atoms with Gasteiger partial charge in [-0.2, -0.15) is 0 Å². The van der Waals surface area contributed by atoms with Crippen LogP contribution >= 0.6 is 7.92 Å². The maximum absolute atomic E-state index is 5.78. The molecule has 1 fully saturated rings. The molecule has 3 atom stereocenters. The van der Waals surface area contributed by atoms with E-state index >= 15 is 0 Å². The molecule has 0 aliphatic heterocycles. The maximum atomic E-state index is 5.78. The minimum Gasteiger partial charge on any atom is -0.464 e. The molecule has 0 N–H and O–H groups in total. The van der Waals surface area contributed by atoms with Crippen LogP contribution in [-0.4, -0.2) is 30.7 Å². The molecule has 0 bridgehead atoms. The van der Waals surface area contributed by atoms with Gasteiger partial charge in [-0.1, -0.05) is 6.42 Å². The lowest BCUT2D eigenvalue weighted by Gasteiger charge is -2.33. The predicted molar refractivity (Wildman–Crippen MR) is 87.9 cm³/mol. The molecular weight excluding hydrogens is 281 g/mol. The van der Waals surface area contributed by atoms with E-state index < -0.39 is 7.92 Å². The van der Waals surface area contributed by atoms with Gasteiger partial charge in [0.25, 0.3) is 0 Å². The molecule has 0 radical (unpaired) electrons. The van der Waals surface area contributed by atoms with E-state index in [-0.39, 0.29) is 0 Å². The molecule has 0 amide bonds. The van der Waals surface area contributed by atoms with Crippen LogP contribution in [0.4, 0.5) is 0 Å². The van der Waals surface area contributed by atoms with Crippen LogP contribution in [0.3, 0.4) is 0 Å². The molecule has 2 heterocycles. The number of hydrogen-bond acceptors (Lipinski definition) is 3. The molecule has 2 aromatic rings. The average Bonchev–Trinajstić information content (AvgIpc) is 3.22. The van der Waals surface area contributed by atoms with Gasteiger partial charge in [0.1, 0.15) is 11.0 Å². The largest absolute Gasteiger partial charge is 0.464 e. The number of rotatable bonds is 5. The summed E-state index contributed by atoms with van der Waals surface area (Å²) in [5, 5.41) is 0. The van der Waals surface area contributed by atoms with E-state index in [1.165, 1.54) is 19.3 Å². The zero-order valence-corrected chi connectivity index (χ0v) is 13.9. The monoisotopic (exact) mass is 305 g/mol. The Morgan fingerprint density at radius 3 is 2.19 bits per heavy atom. The standard InChI is InChI=1S/C17H24NO2P/c1-13(18(2)3)14-7-4-8-15(14)21(16-9-5-11-19-16)17-10-6-12-20-17/h5-6,9-15H,4,7-8H2,1-3H3/t13-,14?,15?/m1/s1. The van der Waals surface area contributed by atoms with Gasteiger partial charge < -0.3 is 13.7 Å². The summed E-state index contributed by atoms with van der Waals surface area (Å²) in [5.74, 6) is 0.710. The van der Waals surface area contributed by atoms with Crippen LogP contribution in [-0.2, 0) is 0 Å². The average molecular weight is 305 g/mol. The van der Waals surface area contributed by atoms with Crippen LogP contribution < -0.4 is 11.0 Å². The Morgan fingerprint density at radius 2 is 1.71 bits per heavy atom. The lowest BCUT2D eigenvalue weighted by molar-refractivity contribution is 0.232. The summed E-state index contributed by atoms with van der Waals surface area (Å²) in [4.78, 5) is 2.35. The first-order chi connectivity index (χ1) is 10.2. The molecular formula is C17H24NO2P. The molecule has 0 spiro atoms. The minimum absolute atomic E-state index is 0.534. The van der Waals surface area contributed by atoms with Crippen molar-refractivity contribution in [3.63, 3.8) is 0 Å². The molecule has 0 saturated heterocycles.